The Morgan fingerprint density at radius 3 is 3.09 bits per heavy atom. The van der Waals surface area contributed by atoms with Gasteiger partial charge < -0.3 is 10.1 Å². The van der Waals surface area contributed by atoms with E-state index in [9.17, 15) is 9.59 Å². The van der Waals surface area contributed by atoms with Crippen molar-refractivity contribution in [3.05, 3.63) is 34.5 Å². The molecule has 6 heteroatoms. The summed E-state index contributed by atoms with van der Waals surface area (Å²) in [6.45, 7) is 4.32. The highest BCUT2D eigenvalue weighted by molar-refractivity contribution is 5.78. The number of hydrogen-bond donors (Lipinski definition) is 2. The fourth-order valence-electron chi connectivity index (χ4n) is 2.87. The molecule has 1 fully saturated rings. The molecule has 2 atom stereocenters. The second-order valence-electron chi connectivity index (χ2n) is 5.92. The number of allylic oxidation sites excluding steroid dienone is 1. The minimum absolute atomic E-state index is 0.142. The van der Waals surface area contributed by atoms with Crippen LogP contribution in [0.3, 0.4) is 0 Å². The zero-order valence-electron chi connectivity index (χ0n) is 13.1. The van der Waals surface area contributed by atoms with Crippen LogP contribution in [0.1, 0.15) is 39.5 Å². The van der Waals surface area contributed by atoms with Gasteiger partial charge in [0.05, 0.1) is 0 Å². The van der Waals surface area contributed by atoms with E-state index in [0.29, 0.717) is 11.8 Å². The van der Waals surface area contributed by atoms with Crippen molar-refractivity contribution in [3.8, 4) is 5.88 Å². The summed E-state index contributed by atoms with van der Waals surface area (Å²) in [4.78, 5) is 28.7. The molecule has 0 radical (unpaired) electrons. The van der Waals surface area contributed by atoms with Crippen molar-refractivity contribution >= 4 is 5.91 Å². The molecule has 1 heterocycles. The molecule has 0 bridgehead atoms. The van der Waals surface area contributed by atoms with Gasteiger partial charge in [0.2, 0.25) is 0 Å². The molecule has 1 amide bonds. The largest absolute Gasteiger partial charge is 0.469 e. The first kappa shape index (κ1) is 16.3. The molecular formula is C16H23N3O3. The van der Waals surface area contributed by atoms with Crippen molar-refractivity contribution < 1.29 is 9.53 Å². The van der Waals surface area contributed by atoms with Gasteiger partial charge in [0, 0.05) is 18.5 Å². The first-order valence-electron chi connectivity index (χ1n) is 7.72. The van der Waals surface area contributed by atoms with Gasteiger partial charge in [-0.15, -0.1) is 0 Å². The van der Waals surface area contributed by atoms with Gasteiger partial charge in [-0.3, -0.25) is 9.78 Å². The van der Waals surface area contributed by atoms with Crippen molar-refractivity contribution in [2.24, 2.45) is 11.8 Å². The van der Waals surface area contributed by atoms with Crippen LogP contribution in [0.15, 0.2) is 28.8 Å². The summed E-state index contributed by atoms with van der Waals surface area (Å²) in [5.41, 5.74) is 0.790. The Morgan fingerprint density at radius 1 is 1.55 bits per heavy atom. The molecule has 0 aromatic carbocycles. The highest BCUT2D eigenvalue weighted by Gasteiger charge is 2.20. The monoisotopic (exact) mass is 305 g/mol. The van der Waals surface area contributed by atoms with E-state index < -0.39 is 5.69 Å². The van der Waals surface area contributed by atoms with Crippen LogP contribution in [0.4, 0.5) is 0 Å². The van der Waals surface area contributed by atoms with Crippen molar-refractivity contribution in [2.75, 3.05) is 6.61 Å². The van der Waals surface area contributed by atoms with Crippen LogP contribution >= 0.6 is 0 Å². The molecule has 1 aromatic rings. The molecule has 2 unspecified atom stereocenters. The van der Waals surface area contributed by atoms with Crippen LogP contribution in [0.2, 0.25) is 0 Å². The van der Waals surface area contributed by atoms with Gasteiger partial charge in [-0.05, 0) is 31.1 Å². The number of carbonyl (C=O) groups excluding carboxylic acids is 1. The highest BCUT2D eigenvalue weighted by Crippen LogP contribution is 2.33. The number of H-pyrrole nitrogens is 1. The van der Waals surface area contributed by atoms with E-state index in [2.05, 4.69) is 29.1 Å². The number of nitrogens with zero attached hydrogens (tertiary/aromatic N) is 1. The van der Waals surface area contributed by atoms with Crippen molar-refractivity contribution in [1.29, 1.82) is 0 Å². The normalized spacial score (nSPS) is 23.3. The first-order chi connectivity index (χ1) is 10.6. The van der Waals surface area contributed by atoms with Crippen molar-refractivity contribution in [3.63, 3.8) is 0 Å². The number of hydrogen-bond acceptors (Lipinski definition) is 4. The van der Waals surface area contributed by atoms with Gasteiger partial charge in [-0.25, -0.2) is 9.78 Å². The van der Waals surface area contributed by atoms with Gasteiger partial charge in [-0.1, -0.05) is 25.8 Å². The van der Waals surface area contributed by atoms with E-state index in [0.717, 1.165) is 12.8 Å². The van der Waals surface area contributed by atoms with E-state index in [1.807, 2.05) is 6.20 Å². The minimum atomic E-state index is -0.498. The summed E-state index contributed by atoms with van der Waals surface area (Å²) in [5, 5.41) is 2.77. The maximum Gasteiger partial charge on any atom is 0.347 e. The molecule has 1 aliphatic carbocycles. The lowest BCUT2D eigenvalue weighted by Crippen LogP contribution is -2.26. The van der Waals surface area contributed by atoms with Gasteiger partial charge in [0.1, 0.15) is 0 Å². The van der Waals surface area contributed by atoms with Gasteiger partial charge >= 0.3 is 5.69 Å². The first-order valence-corrected chi connectivity index (χ1v) is 7.72. The van der Waals surface area contributed by atoms with Crippen LogP contribution in [-0.2, 0) is 4.79 Å². The maximum atomic E-state index is 11.8. The predicted molar refractivity (Wildman–Crippen MR) is 83.4 cm³/mol. The Morgan fingerprint density at radius 2 is 2.36 bits per heavy atom. The third-order valence-electron chi connectivity index (χ3n) is 3.92. The number of aromatic amines is 1. The molecule has 1 aromatic heterocycles. The van der Waals surface area contributed by atoms with E-state index >= 15 is 0 Å². The molecule has 0 aliphatic heterocycles. The number of nitrogens with one attached hydrogen (secondary N) is 2. The summed E-state index contributed by atoms with van der Waals surface area (Å²) >= 11 is 0. The molecular weight excluding hydrogens is 282 g/mol. The third kappa shape index (κ3) is 5.02. The Kier molecular flexibility index (Phi) is 5.75. The average Bonchev–Trinajstić information content (AvgIpc) is 2.50. The maximum absolute atomic E-state index is 11.8. The molecule has 0 saturated heterocycles. The highest BCUT2D eigenvalue weighted by atomic mass is 16.5. The molecule has 2 rings (SSSR count). The van der Waals surface area contributed by atoms with Gasteiger partial charge in [0.15, 0.2) is 12.5 Å². The standard InChI is InChI=1S/C16H23N3O3/c1-3-12-6-11(2)7-13(8-12)9-18-14(20)10-22-15-4-5-17-16(21)19-15/h4-5,9,11-12H,3,6-8,10H2,1-2H3,(H,18,20)(H,17,19,21)/b13-9+. The third-order valence-corrected chi connectivity index (χ3v) is 3.92. The van der Waals surface area contributed by atoms with Crippen molar-refractivity contribution in [2.45, 2.75) is 39.5 Å². The number of ether oxygens (including phenoxy) is 1. The smallest absolute Gasteiger partial charge is 0.347 e. The summed E-state index contributed by atoms with van der Waals surface area (Å²) in [7, 11) is 0. The fourth-order valence-corrected chi connectivity index (χ4v) is 2.87. The molecule has 22 heavy (non-hydrogen) atoms. The van der Waals surface area contributed by atoms with Crippen LogP contribution in [0, 0.1) is 11.8 Å². The molecule has 6 nitrogen and oxygen atoms in total. The van der Waals surface area contributed by atoms with Crippen LogP contribution in [0.25, 0.3) is 0 Å². The second-order valence-corrected chi connectivity index (χ2v) is 5.92. The van der Waals surface area contributed by atoms with E-state index in [4.69, 9.17) is 4.74 Å². The topological polar surface area (TPSA) is 84.1 Å². The Labute approximate surface area is 130 Å². The van der Waals surface area contributed by atoms with Crippen molar-refractivity contribution in [1.82, 2.24) is 15.3 Å². The number of rotatable bonds is 5. The number of carbonyl (C=O) groups is 1. The summed E-state index contributed by atoms with van der Waals surface area (Å²) < 4.78 is 5.22. The quantitative estimate of drug-likeness (QED) is 0.871. The lowest BCUT2D eigenvalue weighted by molar-refractivity contribution is -0.122. The van der Waals surface area contributed by atoms with E-state index in [-0.39, 0.29) is 18.4 Å². The average molecular weight is 305 g/mol. The molecule has 1 aliphatic rings. The minimum Gasteiger partial charge on any atom is -0.469 e. The van der Waals surface area contributed by atoms with Crippen LogP contribution < -0.4 is 15.7 Å². The Hall–Kier alpha value is -2.11. The summed E-state index contributed by atoms with van der Waals surface area (Å²) in [5.74, 6) is 1.38. The summed E-state index contributed by atoms with van der Waals surface area (Å²) in [6.07, 6.45) is 7.69. The number of amides is 1. The number of aromatic nitrogens is 2. The predicted octanol–water partition coefficient (Wildman–Crippen LogP) is 1.99. The van der Waals surface area contributed by atoms with E-state index in [1.165, 1.54) is 30.7 Å². The molecule has 1 saturated carbocycles. The molecule has 2 N–H and O–H groups in total. The van der Waals surface area contributed by atoms with E-state index in [1.54, 1.807) is 0 Å². The van der Waals surface area contributed by atoms with Gasteiger partial charge in [0.25, 0.3) is 5.91 Å². The zero-order valence-corrected chi connectivity index (χ0v) is 13.1. The van der Waals surface area contributed by atoms with Crippen LogP contribution in [-0.4, -0.2) is 22.5 Å². The SMILES string of the molecule is CCC1C/C(=C/NC(=O)COc2ccnc(=O)[nH]2)CC(C)C1. The van der Waals surface area contributed by atoms with Gasteiger partial charge in [-0.2, -0.15) is 0 Å². The second kappa shape index (κ2) is 7.77. The van der Waals surface area contributed by atoms with Crippen LogP contribution in [0.5, 0.6) is 5.88 Å². The Bertz CT molecular complexity index is 594. The zero-order chi connectivity index (χ0) is 15.9. The molecule has 0 spiro atoms. The summed E-state index contributed by atoms with van der Waals surface area (Å²) in [6, 6.07) is 1.50. The molecule has 120 valence electrons. The Balaban J connectivity index is 1.81. The fraction of sp³-hybridized carbons (Fsp3) is 0.562. The lowest BCUT2D eigenvalue weighted by atomic mass is 9.78. The lowest BCUT2D eigenvalue weighted by Gasteiger charge is -2.28.